The van der Waals surface area contributed by atoms with Gasteiger partial charge in [0.05, 0.1) is 11.7 Å². The maximum Gasteiger partial charge on any atom is 0.0679 e. The Bertz CT molecular complexity index is 401. The standard InChI is InChI=1S/C10H12N2/c1-3-8-4-7(2)10-9(5-8)6-11-12-10/h4-6H,3H2,1-2H3,(H,11,12). The van der Waals surface area contributed by atoms with Gasteiger partial charge in [0, 0.05) is 5.39 Å². The predicted octanol–water partition coefficient (Wildman–Crippen LogP) is 2.43. The van der Waals surface area contributed by atoms with Crippen LogP contribution in [0.2, 0.25) is 0 Å². The van der Waals surface area contributed by atoms with Crippen LogP contribution >= 0.6 is 0 Å². The van der Waals surface area contributed by atoms with Gasteiger partial charge in [0.1, 0.15) is 0 Å². The Balaban J connectivity index is 2.75. The highest BCUT2D eigenvalue weighted by Gasteiger charge is 2.00. The number of hydrogen-bond donors (Lipinski definition) is 1. The largest absolute Gasteiger partial charge is 0.278 e. The zero-order valence-electron chi connectivity index (χ0n) is 7.39. The third-order valence-electron chi connectivity index (χ3n) is 2.21. The number of nitrogens with zero attached hydrogens (tertiary/aromatic N) is 1. The molecule has 1 aromatic carbocycles. The lowest BCUT2D eigenvalue weighted by molar-refractivity contribution is 1.11. The van der Waals surface area contributed by atoms with Crippen LogP contribution in [-0.2, 0) is 6.42 Å². The summed E-state index contributed by atoms with van der Waals surface area (Å²) in [6, 6.07) is 4.40. The van der Waals surface area contributed by atoms with E-state index in [1.807, 2.05) is 6.20 Å². The second-order valence-corrected chi connectivity index (χ2v) is 3.10. The van der Waals surface area contributed by atoms with Crippen molar-refractivity contribution in [2.75, 3.05) is 0 Å². The first kappa shape index (κ1) is 7.35. The maximum absolute atomic E-state index is 4.01. The van der Waals surface area contributed by atoms with Crippen molar-refractivity contribution in [3.05, 3.63) is 29.5 Å². The lowest BCUT2D eigenvalue weighted by atomic mass is 10.1. The van der Waals surface area contributed by atoms with Crippen LogP contribution in [0, 0.1) is 6.92 Å². The number of benzene rings is 1. The molecule has 0 saturated carbocycles. The molecule has 1 aromatic heterocycles. The summed E-state index contributed by atoms with van der Waals surface area (Å²) >= 11 is 0. The minimum absolute atomic E-state index is 1.09. The van der Waals surface area contributed by atoms with Crippen LogP contribution in [0.4, 0.5) is 0 Å². The summed E-state index contributed by atoms with van der Waals surface area (Å²) in [7, 11) is 0. The van der Waals surface area contributed by atoms with Crippen LogP contribution in [-0.4, -0.2) is 10.2 Å². The lowest BCUT2D eigenvalue weighted by Crippen LogP contribution is -1.83. The Labute approximate surface area is 71.6 Å². The minimum atomic E-state index is 1.09. The van der Waals surface area contributed by atoms with E-state index in [1.165, 1.54) is 16.5 Å². The highest BCUT2D eigenvalue weighted by atomic mass is 15.1. The molecule has 2 nitrogen and oxygen atoms in total. The monoisotopic (exact) mass is 160 g/mol. The Morgan fingerprint density at radius 1 is 1.42 bits per heavy atom. The average molecular weight is 160 g/mol. The Morgan fingerprint density at radius 3 is 3.00 bits per heavy atom. The summed E-state index contributed by atoms with van der Waals surface area (Å²) in [5.74, 6) is 0. The fourth-order valence-corrected chi connectivity index (χ4v) is 1.52. The molecule has 2 heteroatoms. The summed E-state index contributed by atoms with van der Waals surface area (Å²) in [6.45, 7) is 4.28. The molecule has 0 aliphatic rings. The summed E-state index contributed by atoms with van der Waals surface area (Å²) in [5.41, 5.74) is 3.82. The molecule has 1 heterocycles. The number of fused-ring (bicyclic) bond motifs is 1. The Morgan fingerprint density at radius 2 is 2.25 bits per heavy atom. The van der Waals surface area contributed by atoms with Crippen molar-refractivity contribution in [2.45, 2.75) is 20.3 Å². The molecule has 1 N–H and O–H groups in total. The fraction of sp³-hybridized carbons (Fsp3) is 0.300. The molecule has 0 radical (unpaired) electrons. The van der Waals surface area contributed by atoms with Gasteiger partial charge >= 0.3 is 0 Å². The predicted molar refractivity (Wildman–Crippen MR) is 50.2 cm³/mol. The number of rotatable bonds is 1. The van der Waals surface area contributed by atoms with Crippen molar-refractivity contribution >= 4 is 10.9 Å². The van der Waals surface area contributed by atoms with Crippen LogP contribution in [0.15, 0.2) is 18.3 Å². The van der Waals surface area contributed by atoms with E-state index in [4.69, 9.17) is 0 Å². The van der Waals surface area contributed by atoms with Crippen LogP contribution in [0.25, 0.3) is 10.9 Å². The first-order chi connectivity index (χ1) is 5.81. The van der Waals surface area contributed by atoms with Gasteiger partial charge in [-0.15, -0.1) is 0 Å². The summed E-state index contributed by atoms with van der Waals surface area (Å²) in [5, 5.41) is 8.22. The molecule has 0 fully saturated rings. The normalized spacial score (nSPS) is 10.8. The molecular weight excluding hydrogens is 148 g/mol. The van der Waals surface area contributed by atoms with Gasteiger partial charge in [0.25, 0.3) is 0 Å². The van der Waals surface area contributed by atoms with E-state index >= 15 is 0 Å². The first-order valence-electron chi connectivity index (χ1n) is 4.24. The molecule has 0 aliphatic carbocycles. The van der Waals surface area contributed by atoms with Crippen molar-refractivity contribution in [3.8, 4) is 0 Å². The molecule has 2 aromatic rings. The molecule has 62 valence electrons. The van der Waals surface area contributed by atoms with E-state index < -0.39 is 0 Å². The summed E-state index contributed by atoms with van der Waals surface area (Å²) in [4.78, 5) is 0. The molecule has 0 saturated heterocycles. The van der Waals surface area contributed by atoms with Gasteiger partial charge in [-0.25, -0.2) is 0 Å². The molecule has 0 atom stereocenters. The molecule has 0 unspecified atom stereocenters. The topological polar surface area (TPSA) is 28.7 Å². The number of nitrogens with one attached hydrogen (secondary N) is 1. The quantitative estimate of drug-likeness (QED) is 0.682. The van der Waals surface area contributed by atoms with Crippen LogP contribution in [0.1, 0.15) is 18.1 Å². The highest BCUT2D eigenvalue weighted by molar-refractivity contribution is 5.81. The number of aromatic amines is 1. The van der Waals surface area contributed by atoms with Gasteiger partial charge in [-0.3, -0.25) is 5.10 Å². The van der Waals surface area contributed by atoms with E-state index in [0.29, 0.717) is 0 Å². The SMILES string of the molecule is CCc1cc(C)c2[nH]ncc2c1. The fourth-order valence-electron chi connectivity index (χ4n) is 1.52. The van der Waals surface area contributed by atoms with Crippen molar-refractivity contribution in [3.63, 3.8) is 0 Å². The number of aromatic nitrogens is 2. The van der Waals surface area contributed by atoms with Crippen LogP contribution < -0.4 is 0 Å². The Hall–Kier alpha value is -1.31. The first-order valence-corrected chi connectivity index (χ1v) is 4.24. The van der Waals surface area contributed by atoms with E-state index in [1.54, 1.807) is 0 Å². The molecule has 12 heavy (non-hydrogen) atoms. The molecule has 0 amide bonds. The second kappa shape index (κ2) is 2.63. The summed E-state index contributed by atoms with van der Waals surface area (Å²) in [6.07, 6.45) is 2.96. The van der Waals surface area contributed by atoms with Crippen LogP contribution in [0.3, 0.4) is 0 Å². The van der Waals surface area contributed by atoms with Gasteiger partial charge in [-0.05, 0) is 30.5 Å². The number of aryl methyl sites for hydroxylation is 2. The van der Waals surface area contributed by atoms with Crippen molar-refractivity contribution < 1.29 is 0 Å². The van der Waals surface area contributed by atoms with Crippen molar-refractivity contribution in [2.24, 2.45) is 0 Å². The van der Waals surface area contributed by atoms with E-state index in [-0.39, 0.29) is 0 Å². The van der Waals surface area contributed by atoms with Gasteiger partial charge in [-0.2, -0.15) is 5.10 Å². The van der Waals surface area contributed by atoms with Gasteiger partial charge < -0.3 is 0 Å². The summed E-state index contributed by atoms with van der Waals surface area (Å²) < 4.78 is 0. The van der Waals surface area contributed by atoms with Crippen LogP contribution in [0.5, 0.6) is 0 Å². The molecular formula is C10H12N2. The second-order valence-electron chi connectivity index (χ2n) is 3.10. The number of H-pyrrole nitrogens is 1. The highest BCUT2D eigenvalue weighted by Crippen LogP contribution is 2.17. The van der Waals surface area contributed by atoms with Crippen molar-refractivity contribution in [1.29, 1.82) is 0 Å². The third kappa shape index (κ3) is 0.998. The third-order valence-corrected chi connectivity index (χ3v) is 2.21. The van der Waals surface area contributed by atoms with Gasteiger partial charge in [-0.1, -0.05) is 13.0 Å². The zero-order valence-corrected chi connectivity index (χ0v) is 7.39. The molecule has 0 aliphatic heterocycles. The van der Waals surface area contributed by atoms with Gasteiger partial charge in [0.15, 0.2) is 0 Å². The average Bonchev–Trinajstić information content (AvgIpc) is 2.52. The lowest BCUT2D eigenvalue weighted by Gasteiger charge is -1.99. The number of hydrogen-bond acceptors (Lipinski definition) is 1. The smallest absolute Gasteiger partial charge is 0.0679 e. The maximum atomic E-state index is 4.01. The minimum Gasteiger partial charge on any atom is -0.278 e. The molecule has 0 bridgehead atoms. The van der Waals surface area contributed by atoms with E-state index in [2.05, 4.69) is 36.2 Å². The van der Waals surface area contributed by atoms with Gasteiger partial charge in [0.2, 0.25) is 0 Å². The Kier molecular flexibility index (Phi) is 1.61. The molecule has 0 spiro atoms. The van der Waals surface area contributed by atoms with Crippen molar-refractivity contribution in [1.82, 2.24) is 10.2 Å². The van der Waals surface area contributed by atoms with E-state index in [0.717, 1.165) is 11.9 Å². The molecule has 2 rings (SSSR count). The van der Waals surface area contributed by atoms with E-state index in [9.17, 15) is 0 Å². The zero-order chi connectivity index (χ0) is 8.55.